The third kappa shape index (κ3) is 4.00. The molecule has 0 aromatic carbocycles. The maximum Gasteiger partial charge on any atom is 0.322 e. The molecule has 0 heterocycles. The molecule has 0 bridgehead atoms. The monoisotopic (exact) mass is 449 g/mol. The third-order valence-corrected chi connectivity index (χ3v) is 10.8. The van der Waals surface area contributed by atoms with E-state index in [1.54, 1.807) is 0 Å². The van der Waals surface area contributed by atoms with Crippen LogP contribution in [0.1, 0.15) is 85.0 Å². The minimum Gasteiger partial charge on any atom is -0.480 e. The molecule has 182 valence electrons. The molecule has 4 N–H and O–H groups in total. The highest BCUT2D eigenvalue weighted by atomic mass is 16.4. The number of fused-ring (bicyclic) bond motifs is 5. The number of hydrogen-bond acceptors (Lipinski definition) is 4. The molecule has 1 amide bonds. The van der Waals surface area contributed by atoms with Gasteiger partial charge in [0.15, 0.2) is 0 Å². The number of nitrogens with one attached hydrogen (secondary N) is 1. The van der Waals surface area contributed by atoms with E-state index in [1.165, 1.54) is 12.8 Å². The van der Waals surface area contributed by atoms with Crippen LogP contribution in [0.5, 0.6) is 0 Å². The van der Waals surface area contributed by atoms with Crippen LogP contribution in [0.3, 0.4) is 0 Å². The molecular weight excluding hydrogens is 406 g/mol. The van der Waals surface area contributed by atoms with Crippen LogP contribution in [-0.2, 0) is 9.59 Å². The van der Waals surface area contributed by atoms with Crippen molar-refractivity contribution in [1.29, 1.82) is 0 Å². The van der Waals surface area contributed by atoms with Crippen molar-refractivity contribution < 1.29 is 24.9 Å². The van der Waals surface area contributed by atoms with Gasteiger partial charge in [0.2, 0.25) is 5.91 Å². The molecule has 4 aliphatic carbocycles. The minimum absolute atomic E-state index is 0.102. The third-order valence-electron chi connectivity index (χ3n) is 10.8. The molecule has 4 rings (SSSR count). The Bertz CT molecular complexity index is 727. The summed E-state index contributed by atoms with van der Waals surface area (Å²) in [7, 11) is 0. The summed E-state index contributed by atoms with van der Waals surface area (Å²) in [6.07, 6.45) is 9.12. The van der Waals surface area contributed by atoms with E-state index < -0.39 is 5.97 Å². The molecule has 4 unspecified atom stereocenters. The summed E-state index contributed by atoms with van der Waals surface area (Å²) in [6.45, 7) is 6.65. The van der Waals surface area contributed by atoms with E-state index >= 15 is 0 Å². The first kappa shape index (κ1) is 24.0. The van der Waals surface area contributed by atoms with Crippen LogP contribution >= 0.6 is 0 Å². The van der Waals surface area contributed by atoms with E-state index in [9.17, 15) is 19.8 Å². The molecule has 6 heteroatoms. The first-order valence-corrected chi connectivity index (χ1v) is 12.9. The number of carboxylic acid groups (broad SMARTS) is 1. The smallest absolute Gasteiger partial charge is 0.322 e. The summed E-state index contributed by atoms with van der Waals surface area (Å²) in [5, 5.41) is 33.0. The Morgan fingerprint density at radius 1 is 1.03 bits per heavy atom. The zero-order valence-corrected chi connectivity index (χ0v) is 20.1. The molecule has 4 fully saturated rings. The summed E-state index contributed by atoms with van der Waals surface area (Å²) in [5.41, 5.74) is 0.145. The Kier molecular flexibility index (Phi) is 6.68. The molecule has 0 aliphatic heterocycles. The average molecular weight is 450 g/mol. The van der Waals surface area contributed by atoms with Crippen molar-refractivity contribution in [1.82, 2.24) is 5.32 Å². The van der Waals surface area contributed by atoms with Crippen LogP contribution in [-0.4, -0.2) is 45.9 Å². The van der Waals surface area contributed by atoms with Crippen molar-refractivity contribution >= 4 is 11.9 Å². The van der Waals surface area contributed by atoms with Crippen LogP contribution in [0.15, 0.2) is 0 Å². The molecule has 32 heavy (non-hydrogen) atoms. The molecule has 4 saturated carbocycles. The maximum absolute atomic E-state index is 12.0. The predicted octanol–water partition coefficient (Wildman–Crippen LogP) is 3.59. The van der Waals surface area contributed by atoms with Crippen molar-refractivity contribution in [2.75, 3.05) is 6.54 Å². The van der Waals surface area contributed by atoms with Crippen LogP contribution in [0.4, 0.5) is 0 Å². The summed E-state index contributed by atoms with van der Waals surface area (Å²) in [4.78, 5) is 22.7. The highest BCUT2D eigenvalue weighted by Gasteiger charge is 2.63. The van der Waals surface area contributed by atoms with Gasteiger partial charge < -0.3 is 20.6 Å². The van der Waals surface area contributed by atoms with E-state index in [4.69, 9.17) is 5.11 Å². The molecule has 0 radical (unpaired) electrons. The molecular formula is C26H43NO5. The first-order chi connectivity index (χ1) is 15.1. The van der Waals surface area contributed by atoms with Crippen molar-refractivity contribution in [3.63, 3.8) is 0 Å². The number of aliphatic carboxylic acids is 1. The second kappa shape index (κ2) is 8.90. The zero-order chi connectivity index (χ0) is 23.3. The minimum atomic E-state index is -1.02. The molecule has 0 spiro atoms. The van der Waals surface area contributed by atoms with Gasteiger partial charge in [-0.25, -0.2) is 0 Å². The van der Waals surface area contributed by atoms with E-state index in [2.05, 4.69) is 26.1 Å². The van der Waals surface area contributed by atoms with E-state index in [-0.39, 0.29) is 35.5 Å². The average Bonchev–Trinajstić information content (AvgIpc) is 3.10. The van der Waals surface area contributed by atoms with Gasteiger partial charge in [0.1, 0.15) is 6.54 Å². The SMILES string of the molecule is CC(CCC(=O)NCC(=O)O)C1CC[C@H]2[C@@H]3CCC4C[C@H](O)CC[C@]4(C)[C@H]3CC(O)[C@]12C. The van der Waals surface area contributed by atoms with E-state index in [1.807, 2.05) is 0 Å². The number of amides is 1. The van der Waals surface area contributed by atoms with Gasteiger partial charge in [-0.05, 0) is 104 Å². The number of aliphatic hydroxyl groups excluding tert-OH is 2. The van der Waals surface area contributed by atoms with Gasteiger partial charge in [-0.3, -0.25) is 9.59 Å². The number of aliphatic hydroxyl groups is 2. The van der Waals surface area contributed by atoms with E-state index in [0.717, 1.165) is 44.9 Å². The molecule has 10 atom stereocenters. The van der Waals surface area contributed by atoms with Crippen LogP contribution < -0.4 is 5.32 Å². The van der Waals surface area contributed by atoms with Gasteiger partial charge in [0, 0.05) is 6.42 Å². The fraction of sp³-hybridized carbons (Fsp3) is 0.923. The second-order valence-electron chi connectivity index (χ2n) is 12.1. The van der Waals surface area contributed by atoms with Crippen molar-refractivity contribution in [2.24, 2.45) is 46.3 Å². The van der Waals surface area contributed by atoms with Gasteiger partial charge in [0.05, 0.1) is 12.2 Å². The van der Waals surface area contributed by atoms with Gasteiger partial charge in [-0.2, -0.15) is 0 Å². The number of carbonyl (C=O) groups excluding carboxylic acids is 1. The largest absolute Gasteiger partial charge is 0.480 e. The van der Waals surface area contributed by atoms with Crippen LogP contribution in [0, 0.1) is 46.3 Å². The molecule has 0 aromatic rings. The fourth-order valence-corrected chi connectivity index (χ4v) is 8.98. The molecule has 6 nitrogen and oxygen atoms in total. The lowest BCUT2D eigenvalue weighted by Gasteiger charge is -2.62. The lowest BCUT2D eigenvalue weighted by molar-refractivity contribution is -0.175. The molecule has 0 saturated heterocycles. The maximum atomic E-state index is 12.0. The normalized spacial score (nSPS) is 46.5. The molecule has 0 aromatic heterocycles. The number of carboxylic acids is 1. The predicted molar refractivity (Wildman–Crippen MR) is 122 cm³/mol. The summed E-state index contributed by atoms with van der Waals surface area (Å²) in [6, 6.07) is 0. The quantitative estimate of drug-likeness (QED) is 0.496. The Hall–Kier alpha value is -1.14. The van der Waals surface area contributed by atoms with Crippen molar-refractivity contribution in [3.8, 4) is 0 Å². The van der Waals surface area contributed by atoms with Crippen LogP contribution in [0.2, 0.25) is 0 Å². The zero-order valence-electron chi connectivity index (χ0n) is 20.1. The summed E-state index contributed by atoms with van der Waals surface area (Å²) in [5.74, 6) is 1.84. The Morgan fingerprint density at radius 3 is 2.50 bits per heavy atom. The lowest BCUT2D eigenvalue weighted by atomic mass is 9.43. The van der Waals surface area contributed by atoms with Crippen LogP contribution in [0.25, 0.3) is 0 Å². The Labute approximate surface area is 192 Å². The number of hydrogen-bond donors (Lipinski definition) is 4. The van der Waals surface area contributed by atoms with Gasteiger partial charge >= 0.3 is 5.97 Å². The van der Waals surface area contributed by atoms with E-state index in [0.29, 0.717) is 41.9 Å². The second-order valence-corrected chi connectivity index (χ2v) is 12.1. The first-order valence-electron chi connectivity index (χ1n) is 12.9. The van der Waals surface area contributed by atoms with Crippen molar-refractivity contribution in [2.45, 2.75) is 97.2 Å². The van der Waals surface area contributed by atoms with Crippen molar-refractivity contribution in [3.05, 3.63) is 0 Å². The highest BCUT2D eigenvalue weighted by molar-refractivity contribution is 5.81. The van der Waals surface area contributed by atoms with Gasteiger partial charge in [-0.15, -0.1) is 0 Å². The molecule has 4 aliphatic rings. The number of rotatable bonds is 6. The summed E-state index contributed by atoms with van der Waals surface area (Å²) < 4.78 is 0. The Morgan fingerprint density at radius 2 is 1.78 bits per heavy atom. The highest BCUT2D eigenvalue weighted by Crippen LogP contribution is 2.68. The standard InChI is InChI=1S/C26H43NO5/c1-15(4-9-23(30)27-14-24(31)32)19-7-8-20-18-6-5-16-12-17(28)10-11-25(16,2)21(18)13-22(29)26(19,20)3/h15-22,28-29H,4-14H2,1-3H3,(H,27,30)(H,31,32)/t15?,16?,17-,18+,19?,20+,21+,22?,25+,26-/m1/s1. The van der Waals surface area contributed by atoms with Gasteiger partial charge in [0.25, 0.3) is 0 Å². The summed E-state index contributed by atoms with van der Waals surface area (Å²) >= 11 is 0. The lowest BCUT2D eigenvalue weighted by Crippen LogP contribution is -2.58. The Balaban J connectivity index is 1.45. The topological polar surface area (TPSA) is 107 Å². The van der Waals surface area contributed by atoms with Gasteiger partial charge in [-0.1, -0.05) is 20.8 Å². The fourth-order valence-electron chi connectivity index (χ4n) is 8.98. The number of carbonyl (C=O) groups is 2.